The molecule has 0 fully saturated rings. The smallest absolute Gasteiger partial charge is 0.262 e. The maximum Gasteiger partial charge on any atom is 0.262 e. The van der Waals surface area contributed by atoms with Crippen molar-refractivity contribution in [2.75, 3.05) is 5.43 Å². The first kappa shape index (κ1) is 15.4. The second-order valence-electron chi connectivity index (χ2n) is 5.02. The van der Waals surface area contributed by atoms with E-state index < -0.39 is 0 Å². The number of para-hydroxylation sites is 1. The van der Waals surface area contributed by atoms with Gasteiger partial charge in [-0.2, -0.15) is 0 Å². The molecule has 5 heteroatoms. The van der Waals surface area contributed by atoms with Gasteiger partial charge in [0.1, 0.15) is 0 Å². The van der Waals surface area contributed by atoms with Gasteiger partial charge in [-0.3, -0.25) is 15.6 Å². The molecular weight excluding hydrogens is 300 g/mol. The van der Waals surface area contributed by atoms with Gasteiger partial charge in [-0.05, 0) is 18.2 Å². The average molecular weight is 316 g/mol. The number of hydrogen-bond acceptors (Lipinski definition) is 4. The third kappa shape index (κ3) is 4.27. The monoisotopic (exact) mass is 316 g/mol. The van der Waals surface area contributed by atoms with Crippen molar-refractivity contribution < 1.29 is 4.79 Å². The van der Waals surface area contributed by atoms with Gasteiger partial charge in [0.05, 0.1) is 5.69 Å². The van der Waals surface area contributed by atoms with E-state index >= 15 is 0 Å². The maximum absolute atomic E-state index is 11.8. The van der Waals surface area contributed by atoms with Crippen LogP contribution in [0.5, 0.6) is 0 Å². The van der Waals surface area contributed by atoms with Crippen LogP contribution in [0.25, 0.3) is 17.5 Å². The van der Waals surface area contributed by atoms with Crippen LogP contribution in [0.3, 0.4) is 0 Å². The number of aromatic nitrogens is 2. The first-order chi connectivity index (χ1) is 11.8. The Kier molecular flexibility index (Phi) is 4.94. The Morgan fingerprint density at radius 3 is 2.17 bits per heavy atom. The van der Waals surface area contributed by atoms with Crippen LogP contribution in [0.1, 0.15) is 5.56 Å². The van der Waals surface area contributed by atoms with Gasteiger partial charge in [-0.15, -0.1) is 0 Å². The van der Waals surface area contributed by atoms with Crippen LogP contribution in [0.2, 0.25) is 0 Å². The predicted molar refractivity (Wildman–Crippen MR) is 94.7 cm³/mol. The molecule has 0 saturated heterocycles. The molecule has 0 aliphatic carbocycles. The number of anilines is 1. The minimum absolute atomic E-state index is 0.258. The summed E-state index contributed by atoms with van der Waals surface area (Å²) < 4.78 is 0. The highest BCUT2D eigenvalue weighted by Crippen LogP contribution is 2.13. The lowest BCUT2D eigenvalue weighted by molar-refractivity contribution is -0.115. The third-order valence-corrected chi connectivity index (χ3v) is 3.23. The van der Waals surface area contributed by atoms with Gasteiger partial charge >= 0.3 is 0 Å². The summed E-state index contributed by atoms with van der Waals surface area (Å²) in [5.41, 5.74) is 7.94. The van der Waals surface area contributed by atoms with Crippen LogP contribution in [-0.2, 0) is 4.79 Å². The largest absolute Gasteiger partial charge is 0.298 e. The highest BCUT2D eigenvalue weighted by Gasteiger charge is 2.00. The number of rotatable bonds is 5. The van der Waals surface area contributed by atoms with Gasteiger partial charge in [0.15, 0.2) is 5.82 Å². The number of amides is 1. The van der Waals surface area contributed by atoms with Gasteiger partial charge in [0, 0.05) is 29.6 Å². The summed E-state index contributed by atoms with van der Waals surface area (Å²) in [6.45, 7) is 0. The molecule has 0 radical (unpaired) electrons. The molecule has 2 N–H and O–H groups in total. The van der Waals surface area contributed by atoms with E-state index in [1.54, 1.807) is 18.5 Å². The van der Waals surface area contributed by atoms with Crippen molar-refractivity contribution in [2.24, 2.45) is 0 Å². The second-order valence-corrected chi connectivity index (χ2v) is 5.02. The van der Waals surface area contributed by atoms with E-state index in [-0.39, 0.29) is 5.91 Å². The first-order valence-electron chi connectivity index (χ1n) is 7.48. The molecule has 118 valence electrons. The van der Waals surface area contributed by atoms with E-state index in [0.29, 0.717) is 5.82 Å². The Hall–Kier alpha value is -3.47. The van der Waals surface area contributed by atoms with Crippen molar-refractivity contribution in [3.63, 3.8) is 0 Å². The van der Waals surface area contributed by atoms with Crippen molar-refractivity contribution in [1.82, 2.24) is 15.4 Å². The van der Waals surface area contributed by atoms with Crippen LogP contribution in [0, 0.1) is 0 Å². The summed E-state index contributed by atoms with van der Waals surface area (Å²) in [7, 11) is 0. The zero-order chi connectivity index (χ0) is 16.6. The van der Waals surface area contributed by atoms with Crippen LogP contribution < -0.4 is 10.9 Å². The van der Waals surface area contributed by atoms with E-state index in [1.807, 2.05) is 60.7 Å². The first-order valence-corrected chi connectivity index (χ1v) is 7.48. The molecule has 24 heavy (non-hydrogen) atoms. The van der Waals surface area contributed by atoms with Crippen molar-refractivity contribution in [2.45, 2.75) is 0 Å². The predicted octanol–water partition coefficient (Wildman–Crippen LogP) is 3.30. The summed E-state index contributed by atoms with van der Waals surface area (Å²) in [5.74, 6) is 0.397. The molecule has 2 aromatic carbocycles. The molecule has 0 unspecified atom stereocenters. The summed E-state index contributed by atoms with van der Waals surface area (Å²) in [4.78, 5) is 20.4. The van der Waals surface area contributed by atoms with Crippen molar-refractivity contribution in [1.29, 1.82) is 0 Å². The molecular formula is C19H16N4O. The van der Waals surface area contributed by atoms with Gasteiger partial charge in [0.25, 0.3) is 5.91 Å². The summed E-state index contributed by atoms with van der Waals surface area (Å²) in [6.07, 6.45) is 6.46. The van der Waals surface area contributed by atoms with E-state index in [0.717, 1.165) is 16.8 Å². The quantitative estimate of drug-likeness (QED) is 0.560. The zero-order valence-electron chi connectivity index (χ0n) is 12.9. The van der Waals surface area contributed by atoms with Crippen LogP contribution in [0.15, 0.2) is 79.1 Å². The van der Waals surface area contributed by atoms with Crippen molar-refractivity contribution in [3.05, 3.63) is 84.7 Å². The van der Waals surface area contributed by atoms with E-state index in [1.165, 1.54) is 6.08 Å². The second kappa shape index (κ2) is 7.69. The topological polar surface area (TPSA) is 66.9 Å². The number of carbonyl (C=O) groups is 1. The molecule has 1 heterocycles. The molecule has 1 amide bonds. The number of nitrogens with zero attached hydrogens (tertiary/aromatic N) is 2. The number of hydrogen-bond donors (Lipinski definition) is 2. The molecule has 1 aromatic heterocycles. The Labute approximate surface area is 140 Å². The van der Waals surface area contributed by atoms with Crippen LogP contribution in [-0.4, -0.2) is 15.9 Å². The molecule has 0 bridgehead atoms. The van der Waals surface area contributed by atoms with E-state index in [9.17, 15) is 4.79 Å². The van der Waals surface area contributed by atoms with Gasteiger partial charge in [-0.1, -0.05) is 48.5 Å². The molecule has 0 spiro atoms. The minimum Gasteiger partial charge on any atom is -0.298 e. The Morgan fingerprint density at radius 2 is 1.50 bits per heavy atom. The molecule has 0 aliphatic rings. The molecule has 5 nitrogen and oxygen atoms in total. The highest BCUT2D eigenvalue weighted by atomic mass is 16.2. The van der Waals surface area contributed by atoms with E-state index in [4.69, 9.17) is 0 Å². The van der Waals surface area contributed by atoms with Crippen LogP contribution >= 0.6 is 0 Å². The number of carbonyl (C=O) groups excluding carboxylic acids is 1. The zero-order valence-corrected chi connectivity index (χ0v) is 12.9. The van der Waals surface area contributed by atoms with Gasteiger partial charge < -0.3 is 0 Å². The summed E-state index contributed by atoms with van der Waals surface area (Å²) >= 11 is 0. The van der Waals surface area contributed by atoms with Gasteiger partial charge in [0.2, 0.25) is 0 Å². The maximum atomic E-state index is 11.8. The third-order valence-electron chi connectivity index (χ3n) is 3.23. The lowest BCUT2D eigenvalue weighted by Crippen LogP contribution is -2.27. The standard InChI is InChI=1S/C19H16N4O/c24-18(23-22-17-9-5-2-6-10-17)12-11-15-13-20-19(21-14-15)16-7-3-1-4-8-16/h1-14,22H,(H,23,24)/b12-11+. The molecule has 3 rings (SSSR count). The number of nitrogens with one attached hydrogen (secondary N) is 2. The Morgan fingerprint density at radius 1 is 0.875 bits per heavy atom. The number of benzene rings is 2. The Bertz CT molecular complexity index is 815. The molecule has 0 aliphatic heterocycles. The number of hydrazine groups is 1. The fourth-order valence-corrected chi connectivity index (χ4v) is 2.03. The summed E-state index contributed by atoms with van der Waals surface area (Å²) in [5, 5.41) is 0. The van der Waals surface area contributed by atoms with Crippen molar-refractivity contribution in [3.8, 4) is 11.4 Å². The van der Waals surface area contributed by atoms with Gasteiger partial charge in [-0.25, -0.2) is 9.97 Å². The van der Waals surface area contributed by atoms with E-state index in [2.05, 4.69) is 20.8 Å². The minimum atomic E-state index is -0.258. The Balaban J connectivity index is 1.57. The lowest BCUT2D eigenvalue weighted by Gasteiger charge is -2.05. The lowest BCUT2D eigenvalue weighted by atomic mass is 10.2. The fourth-order valence-electron chi connectivity index (χ4n) is 2.03. The normalized spacial score (nSPS) is 10.5. The summed E-state index contributed by atoms with van der Waals surface area (Å²) in [6, 6.07) is 19.1. The average Bonchev–Trinajstić information content (AvgIpc) is 2.67. The molecule has 0 atom stereocenters. The SMILES string of the molecule is O=C(/C=C/c1cnc(-c2ccccc2)nc1)NNc1ccccc1. The van der Waals surface area contributed by atoms with Crippen molar-refractivity contribution >= 4 is 17.7 Å². The highest BCUT2D eigenvalue weighted by molar-refractivity contribution is 5.92. The molecule has 3 aromatic rings. The van der Waals surface area contributed by atoms with Crippen LogP contribution in [0.4, 0.5) is 5.69 Å². The molecule has 0 saturated carbocycles. The fraction of sp³-hybridized carbons (Fsp3) is 0.